The van der Waals surface area contributed by atoms with Gasteiger partial charge in [-0.25, -0.2) is 0 Å². The standard InChI is InChI=1S/C18H21ClN4O5.ClH/c1-27-17-8-12(2-5-16(17)28-11-18(20)24)10-21-6-7-22-15-4-3-13(23(25)26)9-14(15)19;/h2-5,8-9,21-22H,6-7,10-11H2,1H3,(H2,20,24);1H. The van der Waals surface area contributed by atoms with Crippen LogP contribution in [0.4, 0.5) is 11.4 Å². The number of primary amides is 1. The van der Waals surface area contributed by atoms with Crippen LogP contribution >= 0.6 is 24.0 Å². The second-order valence-corrected chi connectivity index (χ2v) is 6.17. The Morgan fingerprint density at radius 2 is 1.97 bits per heavy atom. The normalized spacial score (nSPS) is 10.0. The molecule has 0 heterocycles. The molecule has 0 bridgehead atoms. The van der Waals surface area contributed by atoms with Crippen molar-refractivity contribution in [2.45, 2.75) is 6.54 Å². The van der Waals surface area contributed by atoms with Gasteiger partial charge >= 0.3 is 0 Å². The van der Waals surface area contributed by atoms with Gasteiger partial charge in [0.2, 0.25) is 0 Å². The maximum atomic E-state index is 10.8. The zero-order chi connectivity index (χ0) is 20.5. The number of halogens is 2. The zero-order valence-electron chi connectivity index (χ0n) is 15.6. The third-order valence-corrected chi connectivity index (χ3v) is 4.02. The van der Waals surface area contributed by atoms with Crippen LogP contribution in [0.5, 0.6) is 11.5 Å². The van der Waals surface area contributed by atoms with Crippen LogP contribution in [0.2, 0.25) is 5.02 Å². The summed E-state index contributed by atoms with van der Waals surface area (Å²) in [6.45, 7) is 1.58. The van der Waals surface area contributed by atoms with Gasteiger partial charge in [-0.05, 0) is 23.8 Å². The predicted molar refractivity (Wildman–Crippen MR) is 113 cm³/mol. The van der Waals surface area contributed by atoms with Gasteiger partial charge in [0.05, 0.1) is 22.7 Å². The molecule has 0 aliphatic rings. The summed E-state index contributed by atoms with van der Waals surface area (Å²) in [5, 5.41) is 17.4. The highest BCUT2D eigenvalue weighted by molar-refractivity contribution is 6.33. The smallest absolute Gasteiger partial charge is 0.271 e. The summed E-state index contributed by atoms with van der Waals surface area (Å²) < 4.78 is 10.5. The number of amides is 1. The molecule has 0 saturated heterocycles. The van der Waals surface area contributed by atoms with Gasteiger partial charge in [0.1, 0.15) is 0 Å². The Balaban J connectivity index is 0.00000420. The Bertz CT molecular complexity index is 851. The van der Waals surface area contributed by atoms with E-state index in [-0.39, 0.29) is 24.7 Å². The second kappa shape index (κ2) is 11.9. The number of nitro groups is 1. The van der Waals surface area contributed by atoms with Gasteiger partial charge in [-0.1, -0.05) is 17.7 Å². The number of nitrogens with zero attached hydrogens (tertiary/aromatic N) is 1. The van der Waals surface area contributed by atoms with Crippen molar-refractivity contribution < 1.29 is 19.2 Å². The first-order chi connectivity index (χ1) is 13.4. The van der Waals surface area contributed by atoms with Crippen molar-refractivity contribution >= 4 is 41.3 Å². The lowest BCUT2D eigenvalue weighted by atomic mass is 10.2. The highest BCUT2D eigenvalue weighted by Crippen LogP contribution is 2.28. The third kappa shape index (κ3) is 7.65. The number of benzene rings is 2. The van der Waals surface area contributed by atoms with Crippen LogP contribution in [0.1, 0.15) is 5.56 Å². The largest absolute Gasteiger partial charge is 0.493 e. The van der Waals surface area contributed by atoms with Crippen molar-refractivity contribution in [1.82, 2.24) is 5.32 Å². The van der Waals surface area contributed by atoms with E-state index in [1.165, 1.54) is 19.2 Å². The summed E-state index contributed by atoms with van der Waals surface area (Å²) in [6.07, 6.45) is 0. The molecule has 1 amide bonds. The van der Waals surface area contributed by atoms with Crippen LogP contribution in [0.25, 0.3) is 0 Å². The number of hydrogen-bond acceptors (Lipinski definition) is 7. The number of nitro benzene ring substituents is 1. The van der Waals surface area contributed by atoms with Crippen molar-refractivity contribution in [3.05, 3.63) is 57.1 Å². The molecule has 0 aliphatic heterocycles. The molecule has 0 saturated carbocycles. The monoisotopic (exact) mass is 444 g/mol. The number of anilines is 1. The minimum atomic E-state index is -0.562. The average molecular weight is 445 g/mol. The molecule has 11 heteroatoms. The van der Waals surface area contributed by atoms with Gasteiger partial charge in [0.25, 0.3) is 11.6 Å². The number of non-ortho nitro benzene ring substituents is 1. The van der Waals surface area contributed by atoms with Crippen LogP contribution in [-0.4, -0.2) is 37.6 Å². The maximum Gasteiger partial charge on any atom is 0.271 e. The van der Waals surface area contributed by atoms with Gasteiger partial charge < -0.3 is 25.8 Å². The summed E-state index contributed by atoms with van der Waals surface area (Å²) >= 11 is 6.03. The number of ether oxygens (including phenoxy) is 2. The fourth-order valence-corrected chi connectivity index (χ4v) is 2.61. The summed E-state index contributed by atoms with van der Waals surface area (Å²) in [6, 6.07) is 9.67. The van der Waals surface area contributed by atoms with Crippen LogP contribution in [0.3, 0.4) is 0 Å². The highest BCUT2D eigenvalue weighted by Gasteiger charge is 2.09. The van der Waals surface area contributed by atoms with Crippen molar-refractivity contribution in [1.29, 1.82) is 0 Å². The first-order valence-corrected chi connectivity index (χ1v) is 8.75. The molecule has 4 N–H and O–H groups in total. The number of hydrogen-bond donors (Lipinski definition) is 3. The molecule has 0 aromatic heterocycles. The van der Waals surface area contributed by atoms with Crippen LogP contribution in [-0.2, 0) is 11.3 Å². The molecule has 0 aliphatic carbocycles. The molecule has 0 atom stereocenters. The molecule has 2 aromatic carbocycles. The van der Waals surface area contributed by atoms with Crippen molar-refractivity contribution in [2.24, 2.45) is 5.73 Å². The fourth-order valence-electron chi connectivity index (χ4n) is 2.37. The lowest BCUT2D eigenvalue weighted by Gasteiger charge is -2.12. The van der Waals surface area contributed by atoms with Crippen molar-refractivity contribution in [2.75, 3.05) is 32.1 Å². The van der Waals surface area contributed by atoms with E-state index in [9.17, 15) is 14.9 Å². The summed E-state index contributed by atoms with van der Waals surface area (Å²) in [5.74, 6) is 0.393. The number of nitrogens with one attached hydrogen (secondary N) is 2. The summed E-state index contributed by atoms with van der Waals surface area (Å²) in [5.41, 5.74) is 6.62. The van der Waals surface area contributed by atoms with E-state index < -0.39 is 10.8 Å². The lowest BCUT2D eigenvalue weighted by Crippen LogP contribution is -2.22. The molecule has 2 rings (SSSR count). The van der Waals surface area contributed by atoms with Crippen molar-refractivity contribution in [3.63, 3.8) is 0 Å². The molecule has 0 spiro atoms. The Hall–Kier alpha value is -2.75. The Labute approximate surface area is 179 Å². The second-order valence-electron chi connectivity index (χ2n) is 5.77. The number of carbonyl (C=O) groups excluding carboxylic acids is 1. The molecule has 0 unspecified atom stereocenters. The molecule has 0 radical (unpaired) electrons. The van der Waals surface area contributed by atoms with E-state index in [2.05, 4.69) is 10.6 Å². The summed E-state index contributed by atoms with van der Waals surface area (Å²) in [7, 11) is 1.52. The highest BCUT2D eigenvalue weighted by atomic mass is 35.5. The molecule has 0 fully saturated rings. The number of rotatable bonds is 11. The first-order valence-electron chi connectivity index (χ1n) is 8.37. The SMILES string of the molecule is COc1cc(CNCCNc2ccc([N+](=O)[O-])cc2Cl)ccc1OCC(N)=O.Cl. The Kier molecular flexibility index (Phi) is 10.0. The van der Waals surface area contributed by atoms with E-state index in [1.54, 1.807) is 12.1 Å². The quantitative estimate of drug-likeness (QED) is 0.276. The molecule has 29 heavy (non-hydrogen) atoms. The van der Waals surface area contributed by atoms with Gasteiger partial charge in [-0.3, -0.25) is 14.9 Å². The van der Waals surface area contributed by atoms with E-state index >= 15 is 0 Å². The molecular weight excluding hydrogens is 423 g/mol. The molecule has 2 aromatic rings. The zero-order valence-corrected chi connectivity index (χ0v) is 17.2. The minimum absolute atomic E-state index is 0. The van der Waals surface area contributed by atoms with Gasteiger partial charge in [0.15, 0.2) is 18.1 Å². The van der Waals surface area contributed by atoms with Crippen LogP contribution in [0, 0.1) is 10.1 Å². The molecular formula is C18H22Cl2N4O5. The van der Waals surface area contributed by atoms with Crippen molar-refractivity contribution in [3.8, 4) is 11.5 Å². The Morgan fingerprint density at radius 3 is 2.59 bits per heavy atom. The number of carbonyl (C=O) groups is 1. The topological polar surface area (TPSA) is 129 Å². The van der Waals surface area contributed by atoms with E-state index in [4.69, 9.17) is 26.8 Å². The van der Waals surface area contributed by atoms with Gasteiger partial charge in [0, 0.05) is 31.8 Å². The number of methoxy groups -OCH3 is 1. The summed E-state index contributed by atoms with van der Waals surface area (Å²) in [4.78, 5) is 21.0. The predicted octanol–water partition coefficient (Wildman–Crippen LogP) is 2.74. The maximum absolute atomic E-state index is 10.8. The minimum Gasteiger partial charge on any atom is -0.493 e. The third-order valence-electron chi connectivity index (χ3n) is 3.71. The first kappa shape index (κ1) is 24.3. The molecule has 9 nitrogen and oxygen atoms in total. The lowest BCUT2D eigenvalue weighted by molar-refractivity contribution is -0.384. The Morgan fingerprint density at radius 1 is 1.21 bits per heavy atom. The molecule has 158 valence electrons. The van der Waals surface area contributed by atoms with E-state index in [1.807, 2.05) is 12.1 Å². The number of nitrogens with two attached hydrogens (primary N) is 1. The van der Waals surface area contributed by atoms with Gasteiger partial charge in [-0.15, -0.1) is 12.4 Å². The van der Waals surface area contributed by atoms with E-state index in [0.29, 0.717) is 41.8 Å². The van der Waals surface area contributed by atoms with Gasteiger partial charge in [-0.2, -0.15) is 0 Å². The van der Waals surface area contributed by atoms with Crippen LogP contribution in [0.15, 0.2) is 36.4 Å². The fraction of sp³-hybridized carbons (Fsp3) is 0.278. The van der Waals surface area contributed by atoms with E-state index in [0.717, 1.165) is 5.56 Å². The average Bonchev–Trinajstić information content (AvgIpc) is 2.67. The van der Waals surface area contributed by atoms with Crippen LogP contribution < -0.4 is 25.8 Å².